The second kappa shape index (κ2) is 5.85. The summed E-state index contributed by atoms with van der Waals surface area (Å²) in [6.07, 6.45) is 0. The smallest absolute Gasteiger partial charge is 0.163 e. The number of hydrogen-bond acceptors (Lipinski definition) is 5. The van der Waals surface area contributed by atoms with Crippen LogP contribution in [0, 0.1) is 34.0 Å². The first kappa shape index (κ1) is 14.1. The van der Waals surface area contributed by atoms with E-state index in [-0.39, 0.29) is 11.3 Å². The van der Waals surface area contributed by atoms with Gasteiger partial charge < -0.3 is 5.32 Å². The molecule has 0 aliphatic carbocycles. The summed E-state index contributed by atoms with van der Waals surface area (Å²) in [5, 5.41) is 31.6. The first-order chi connectivity index (χ1) is 11.2. The quantitative estimate of drug-likeness (QED) is 0.575. The number of nitrogens with zero attached hydrogens (tertiary/aromatic N) is 4. The van der Waals surface area contributed by atoms with Crippen LogP contribution in [0.4, 0.5) is 5.69 Å². The number of fused-ring (bicyclic) bond motifs is 2. The summed E-state index contributed by atoms with van der Waals surface area (Å²) in [4.78, 5) is 4.58. The van der Waals surface area contributed by atoms with E-state index in [1.165, 1.54) is 0 Å². The monoisotopic (exact) mass is 295 g/mol. The molecule has 0 amide bonds. The zero-order valence-electron chi connectivity index (χ0n) is 11.9. The minimum atomic E-state index is -0.246. The molecule has 1 heterocycles. The Morgan fingerprint density at radius 1 is 0.826 bits per heavy atom. The molecule has 0 saturated heterocycles. The minimum absolute atomic E-state index is 0.0666. The third kappa shape index (κ3) is 2.65. The van der Waals surface area contributed by atoms with E-state index in [1.807, 2.05) is 48.5 Å². The van der Waals surface area contributed by atoms with Crippen molar-refractivity contribution in [2.24, 2.45) is 0 Å². The minimum Gasteiger partial charge on any atom is -0.345 e. The maximum Gasteiger partial charge on any atom is 0.163 e. The van der Waals surface area contributed by atoms with Gasteiger partial charge in [-0.2, -0.15) is 15.8 Å². The van der Waals surface area contributed by atoms with Crippen LogP contribution in [-0.4, -0.2) is 4.98 Å². The largest absolute Gasteiger partial charge is 0.345 e. The summed E-state index contributed by atoms with van der Waals surface area (Å²) < 4.78 is 0. The lowest BCUT2D eigenvalue weighted by molar-refractivity contribution is 1.37. The molecule has 5 heteroatoms. The molecule has 0 saturated carbocycles. The number of allylic oxidation sites excluding steroid dienone is 2. The van der Waals surface area contributed by atoms with Crippen LogP contribution in [0.25, 0.3) is 21.8 Å². The van der Waals surface area contributed by atoms with Gasteiger partial charge in [0.1, 0.15) is 23.9 Å². The molecule has 23 heavy (non-hydrogen) atoms. The first-order valence-electron chi connectivity index (χ1n) is 6.76. The number of rotatable bonds is 2. The molecule has 1 aromatic heterocycles. The molecule has 3 rings (SSSR count). The molecule has 106 valence electrons. The van der Waals surface area contributed by atoms with Crippen LogP contribution in [0.15, 0.2) is 59.8 Å². The van der Waals surface area contributed by atoms with E-state index in [0.717, 1.165) is 21.8 Å². The summed E-state index contributed by atoms with van der Waals surface area (Å²) in [6.45, 7) is 0. The van der Waals surface area contributed by atoms with Gasteiger partial charge in [0, 0.05) is 16.5 Å². The van der Waals surface area contributed by atoms with Crippen LogP contribution in [0.3, 0.4) is 0 Å². The molecule has 0 atom stereocenters. The summed E-state index contributed by atoms with van der Waals surface area (Å²) in [7, 11) is 0. The number of benzene rings is 2. The topological polar surface area (TPSA) is 96.3 Å². The first-order valence-corrected chi connectivity index (χ1v) is 6.76. The Bertz CT molecular complexity index is 1060. The van der Waals surface area contributed by atoms with Crippen molar-refractivity contribution in [1.82, 2.24) is 4.98 Å². The third-order valence-electron chi connectivity index (χ3n) is 3.37. The van der Waals surface area contributed by atoms with Gasteiger partial charge in [-0.05, 0) is 30.3 Å². The molecule has 0 bridgehead atoms. The highest BCUT2D eigenvalue weighted by Gasteiger charge is 2.07. The van der Waals surface area contributed by atoms with Crippen molar-refractivity contribution in [3.63, 3.8) is 0 Å². The molecular formula is C18H9N5. The lowest BCUT2D eigenvalue weighted by Crippen LogP contribution is -2.00. The maximum atomic E-state index is 9.09. The van der Waals surface area contributed by atoms with Crippen molar-refractivity contribution >= 4 is 27.5 Å². The van der Waals surface area contributed by atoms with E-state index in [0.29, 0.717) is 5.69 Å². The number of pyridine rings is 1. The predicted octanol–water partition coefficient (Wildman–Crippen LogP) is 3.62. The fraction of sp³-hybridized carbons (Fsp3) is 0. The molecule has 1 N–H and O–H groups in total. The van der Waals surface area contributed by atoms with Crippen LogP contribution in [0.5, 0.6) is 0 Å². The molecular weight excluding hydrogens is 286 g/mol. The lowest BCUT2D eigenvalue weighted by atomic mass is 10.1. The van der Waals surface area contributed by atoms with Gasteiger partial charge in [0.2, 0.25) is 0 Å². The van der Waals surface area contributed by atoms with Crippen LogP contribution in [0.2, 0.25) is 0 Å². The summed E-state index contributed by atoms with van der Waals surface area (Å²) in [6, 6.07) is 20.5. The fourth-order valence-corrected chi connectivity index (χ4v) is 2.29. The average molecular weight is 295 g/mol. The van der Waals surface area contributed by atoms with Gasteiger partial charge in [-0.1, -0.05) is 18.2 Å². The molecule has 5 nitrogen and oxygen atoms in total. The molecule has 3 aromatic rings. The summed E-state index contributed by atoms with van der Waals surface area (Å²) >= 11 is 0. The number of aromatic nitrogens is 1. The number of nitriles is 3. The van der Waals surface area contributed by atoms with E-state index < -0.39 is 0 Å². The average Bonchev–Trinajstić information content (AvgIpc) is 2.59. The Labute approximate surface area is 132 Å². The van der Waals surface area contributed by atoms with Gasteiger partial charge in [0.15, 0.2) is 5.57 Å². The highest BCUT2D eigenvalue weighted by molar-refractivity contribution is 5.94. The fourth-order valence-electron chi connectivity index (χ4n) is 2.29. The van der Waals surface area contributed by atoms with Crippen LogP contribution in [-0.2, 0) is 0 Å². The van der Waals surface area contributed by atoms with Crippen LogP contribution >= 0.6 is 0 Å². The molecule has 0 aliphatic heterocycles. The predicted molar refractivity (Wildman–Crippen MR) is 86.7 cm³/mol. The van der Waals surface area contributed by atoms with E-state index in [9.17, 15) is 0 Å². The van der Waals surface area contributed by atoms with Crippen molar-refractivity contribution < 1.29 is 0 Å². The Balaban J connectivity index is 2.09. The SMILES string of the molecule is N#CC(C#N)=C(C#N)Nc1ccc2nc3ccccc3cc2c1. The van der Waals surface area contributed by atoms with Crippen molar-refractivity contribution in [2.45, 2.75) is 0 Å². The Morgan fingerprint density at radius 3 is 2.30 bits per heavy atom. The second-order valence-electron chi connectivity index (χ2n) is 4.80. The van der Waals surface area contributed by atoms with Crippen LogP contribution in [0.1, 0.15) is 0 Å². The van der Waals surface area contributed by atoms with Crippen molar-refractivity contribution in [1.29, 1.82) is 15.8 Å². The van der Waals surface area contributed by atoms with Crippen molar-refractivity contribution in [3.8, 4) is 18.2 Å². The normalized spacial score (nSPS) is 9.61. The zero-order chi connectivity index (χ0) is 16.2. The van der Waals surface area contributed by atoms with Gasteiger partial charge >= 0.3 is 0 Å². The molecule has 0 aliphatic rings. The van der Waals surface area contributed by atoms with Crippen molar-refractivity contribution in [3.05, 3.63) is 59.8 Å². The molecule has 2 aromatic carbocycles. The number of anilines is 1. The van der Waals surface area contributed by atoms with Crippen LogP contribution < -0.4 is 5.32 Å². The van der Waals surface area contributed by atoms with Gasteiger partial charge in [-0.25, -0.2) is 4.98 Å². The molecule has 0 spiro atoms. The number of nitrogens with one attached hydrogen (secondary N) is 1. The van der Waals surface area contributed by atoms with Gasteiger partial charge in [0.25, 0.3) is 0 Å². The third-order valence-corrected chi connectivity index (χ3v) is 3.37. The van der Waals surface area contributed by atoms with E-state index >= 15 is 0 Å². The maximum absolute atomic E-state index is 9.09. The second-order valence-corrected chi connectivity index (χ2v) is 4.80. The number of hydrogen-bond donors (Lipinski definition) is 1. The van der Waals surface area contributed by atoms with Gasteiger partial charge in [0.05, 0.1) is 11.0 Å². The molecule has 0 unspecified atom stereocenters. The van der Waals surface area contributed by atoms with Gasteiger partial charge in [-0.3, -0.25) is 0 Å². The Hall–Kier alpha value is -3.88. The standard InChI is InChI=1S/C18H9N5/c19-9-14(10-20)18(11-21)22-15-5-6-17-13(8-15)7-12-3-1-2-4-16(12)23-17/h1-8,22H. The van der Waals surface area contributed by atoms with E-state index in [2.05, 4.69) is 10.3 Å². The van der Waals surface area contributed by atoms with E-state index in [1.54, 1.807) is 18.2 Å². The summed E-state index contributed by atoms with van der Waals surface area (Å²) in [5.41, 5.74) is 2.05. The Morgan fingerprint density at radius 2 is 1.57 bits per heavy atom. The van der Waals surface area contributed by atoms with Gasteiger partial charge in [-0.15, -0.1) is 0 Å². The summed E-state index contributed by atoms with van der Waals surface area (Å²) in [5.74, 6) is 0. The molecule has 0 fully saturated rings. The Kier molecular flexibility index (Phi) is 3.58. The van der Waals surface area contributed by atoms with E-state index in [4.69, 9.17) is 15.8 Å². The highest BCUT2D eigenvalue weighted by atomic mass is 14.9. The molecule has 0 radical (unpaired) electrons. The lowest BCUT2D eigenvalue weighted by Gasteiger charge is -2.07. The van der Waals surface area contributed by atoms with Crippen molar-refractivity contribution in [2.75, 3.05) is 5.32 Å². The zero-order valence-corrected chi connectivity index (χ0v) is 11.9. The number of para-hydroxylation sites is 1. The highest BCUT2D eigenvalue weighted by Crippen LogP contribution is 2.23.